The number of nitrogens with zero attached hydrogens (tertiary/aromatic N) is 1. The van der Waals surface area contributed by atoms with Crippen LogP contribution in [0.25, 0.3) is 0 Å². The summed E-state index contributed by atoms with van der Waals surface area (Å²) in [5.74, 6) is 0.267. The number of amides is 2. The molecule has 1 aromatic carbocycles. The van der Waals surface area contributed by atoms with Crippen molar-refractivity contribution >= 4 is 22.5 Å². The minimum Gasteiger partial charge on any atom is -0.504 e. The first kappa shape index (κ1) is 15.6. The van der Waals surface area contributed by atoms with E-state index < -0.39 is 0 Å². The van der Waals surface area contributed by atoms with Crippen molar-refractivity contribution in [2.75, 3.05) is 5.32 Å². The Labute approximate surface area is 138 Å². The third kappa shape index (κ3) is 4.13. The number of urea groups is 1. The van der Waals surface area contributed by atoms with E-state index in [9.17, 15) is 15.0 Å². The number of thiazole rings is 1. The van der Waals surface area contributed by atoms with Gasteiger partial charge in [0, 0.05) is 17.3 Å². The molecule has 0 spiro atoms. The molecular weight excluding hydrogens is 314 g/mol. The van der Waals surface area contributed by atoms with Crippen LogP contribution in [0.2, 0.25) is 0 Å². The van der Waals surface area contributed by atoms with Crippen LogP contribution in [0.1, 0.15) is 36.9 Å². The van der Waals surface area contributed by atoms with Gasteiger partial charge in [-0.05, 0) is 43.9 Å². The fourth-order valence-corrected chi connectivity index (χ4v) is 3.16. The predicted octanol–water partition coefficient (Wildman–Crippen LogP) is 3.18. The highest BCUT2D eigenvalue weighted by Gasteiger charge is 2.26. The van der Waals surface area contributed by atoms with Crippen molar-refractivity contribution in [2.45, 2.75) is 38.1 Å². The van der Waals surface area contributed by atoms with Gasteiger partial charge in [-0.25, -0.2) is 9.78 Å². The van der Waals surface area contributed by atoms with Gasteiger partial charge in [-0.15, -0.1) is 11.3 Å². The Hall–Kier alpha value is -2.28. The highest BCUT2D eigenvalue weighted by molar-refractivity contribution is 7.13. The molecule has 4 N–H and O–H groups in total. The Bertz CT molecular complexity index is 712. The third-order valence-electron chi connectivity index (χ3n) is 3.70. The van der Waals surface area contributed by atoms with Crippen LogP contribution in [0.3, 0.4) is 0 Å². The largest absolute Gasteiger partial charge is 0.504 e. The second-order valence-corrected chi connectivity index (χ2v) is 6.74. The van der Waals surface area contributed by atoms with Crippen molar-refractivity contribution in [3.63, 3.8) is 0 Å². The molecule has 7 heteroatoms. The molecule has 0 unspecified atom stereocenters. The number of benzene rings is 1. The number of phenols is 2. The van der Waals surface area contributed by atoms with Gasteiger partial charge in [-0.3, -0.25) is 5.32 Å². The molecule has 1 saturated carbocycles. The quantitative estimate of drug-likeness (QED) is 0.632. The molecule has 122 valence electrons. The van der Waals surface area contributed by atoms with Crippen molar-refractivity contribution in [2.24, 2.45) is 0 Å². The normalized spacial score (nSPS) is 15.2. The van der Waals surface area contributed by atoms with E-state index in [0.717, 1.165) is 11.3 Å². The minimum atomic E-state index is -0.294. The summed E-state index contributed by atoms with van der Waals surface area (Å²) in [4.78, 5) is 16.4. The number of hydrogen-bond donors (Lipinski definition) is 4. The topological polar surface area (TPSA) is 94.5 Å². The van der Waals surface area contributed by atoms with Gasteiger partial charge in [0.2, 0.25) is 0 Å². The zero-order chi connectivity index (χ0) is 16.4. The summed E-state index contributed by atoms with van der Waals surface area (Å²) < 4.78 is 0. The van der Waals surface area contributed by atoms with Crippen LogP contribution in [0, 0.1) is 0 Å². The maximum atomic E-state index is 12.0. The molecule has 0 radical (unpaired) electrons. The maximum Gasteiger partial charge on any atom is 0.321 e. The average molecular weight is 333 g/mol. The van der Waals surface area contributed by atoms with Crippen molar-refractivity contribution in [1.29, 1.82) is 0 Å². The van der Waals surface area contributed by atoms with Crippen molar-refractivity contribution in [3.05, 3.63) is 34.8 Å². The predicted molar refractivity (Wildman–Crippen MR) is 89.2 cm³/mol. The summed E-state index contributed by atoms with van der Waals surface area (Å²) in [5.41, 5.74) is 1.90. The molecule has 1 heterocycles. The zero-order valence-electron chi connectivity index (χ0n) is 12.7. The number of aromatic nitrogens is 1. The van der Waals surface area contributed by atoms with E-state index in [1.54, 1.807) is 6.07 Å². The molecule has 1 aromatic heterocycles. The van der Waals surface area contributed by atoms with Crippen LogP contribution in [0.15, 0.2) is 23.6 Å². The lowest BCUT2D eigenvalue weighted by Crippen LogP contribution is -2.37. The highest BCUT2D eigenvalue weighted by atomic mass is 32.1. The van der Waals surface area contributed by atoms with Gasteiger partial charge in [0.05, 0.1) is 5.69 Å². The Morgan fingerprint density at radius 3 is 2.87 bits per heavy atom. The zero-order valence-corrected chi connectivity index (χ0v) is 13.6. The molecule has 6 nitrogen and oxygen atoms in total. The number of carbonyl (C=O) groups is 1. The molecule has 1 fully saturated rings. The smallest absolute Gasteiger partial charge is 0.321 e. The van der Waals surface area contributed by atoms with Gasteiger partial charge < -0.3 is 15.5 Å². The van der Waals surface area contributed by atoms with E-state index in [1.165, 1.54) is 36.3 Å². The summed E-state index contributed by atoms with van der Waals surface area (Å²) in [7, 11) is 0. The third-order valence-corrected chi connectivity index (χ3v) is 4.47. The van der Waals surface area contributed by atoms with E-state index >= 15 is 0 Å². The molecule has 2 amide bonds. The first-order chi connectivity index (χ1) is 11.0. The van der Waals surface area contributed by atoms with Crippen molar-refractivity contribution in [3.8, 4) is 11.5 Å². The molecule has 2 aromatic rings. The van der Waals surface area contributed by atoms with Crippen LogP contribution in [-0.2, 0) is 6.42 Å². The number of anilines is 1. The van der Waals surface area contributed by atoms with Crippen LogP contribution in [0.4, 0.5) is 9.93 Å². The number of carbonyl (C=O) groups excluding carboxylic acids is 1. The molecule has 0 saturated heterocycles. The fraction of sp³-hybridized carbons (Fsp3) is 0.375. The van der Waals surface area contributed by atoms with Gasteiger partial charge in [-0.2, -0.15) is 0 Å². The van der Waals surface area contributed by atoms with Gasteiger partial charge >= 0.3 is 6.03 Å². The first-order valence-corrected chi connectivity index (χ1v) is 8.43. The van der Waals surface area contributed by atoms with E-state index in [4.69, 9.17) is 0 Å². The molecule has 23 heavy (non-hydrogen) atoms. The Morgan fingerprint density at radius 1 is 1.39 bits per heavy atom. The molecule has 1 aliphatic rings. The SMILES string of the molecule is C[C@H](Cc1ccc(O)c(O)c1)NC(=O)Nc1nc(C2CC2)cs1. The van der Waals surface area contributed by atoms with Crippen LogP contribution >= 0.6 is 11.3 Å². The lowest BCUT2D eigenvalue weighted by Gasteiger charge is -2.14. The standard InChI is InChI=1S/C16H19N3O3S/c1-9(6-10-2-5-13(20)14(21)7-10)17-15(22)19-16-18-12(8-23-16)11-3-4-11/h2,5,7-9,11,20-21H,3-4,6H2,1H3,(H2,17,18,19,22)/t9-/m1/s1. The van der Waals surface area contributed by atoms with E-state index in [1.807, 2.05) is 12.3 Å². The molecule has 0 bridgehead atoms. The number of hydrogen-bond acceptors (Lipinski definition) is 5. The summed E-state index contributed by atoms with van der Waals surface area (Å²) in [6, 6.07) is 4.23. The Kier molecular flexibility index (Phi) is 4.38. The van der Waals surface area contributed by atoms with Crippen molar-refractivity contribution in [1.82, 2.24) is 10.3 Å². The van der Waals surface area contributed by atoms with Crippen LogP contribution in [0.5, 0.6) is 11.5 Å². The second-order valence-electron chi connectivity index (χ2n) is 5.88. The molecule has 1 aliphatic carbocycles. The lowest BCUT2D eigenvalue weighted by molar-refractivity contribution is 0.249. The van der Waals surface area contributed by atoms with Crippen molar-refractivity contribution < 1.29 is 15.0 Å². The lowest BCUT2D eigenvalue weighted by atomic mass is 10.1. The van der Waals surface area contributed by atoms with Gasteiger partial charge in [-0.1, -0.05) is 6.07 Å². The maximum absolute atomic E-state index is 12.0. The Balaban J connectivity index is 1.50. The van der Waals surface area contributed by atoms with Gasteiger partial charge in [0.15, 0.2) is 16.6 Å². The first-order valence-electron chi connectivity index (χ1n) is 7.55. The van der Waals surface area contributed by atoms with E-state index in [0.29, 0.717) is 17.5 Å². The monoisotopic (exact) mass is 333 g/mol. The van der Waals surface area contributed by atoms with Crippen LogP contribution < -0.4 is 10.6 Å². The number of rotatable bonds is 5. The molecule has 0 aliphatic heterocycles. The summed E-state index contributed by atoms with van der Waals surface area (Å²) >= 11 is 1.44. The molecular formula is C16H19N3O3S. The summed E-state index contributed by atoms with van der Waals surface area (Å²) in [5, 5.41) is 27.0. The minimum absolute atomic E-state index is 0.123. The number of nitrogens with one attached hydrogen (secondary N) is 2. The van der Waals surface area contributed by atoms with Gasteiger partial charge in [0.25, 0.3) is 0 Å². The number of phenolic OH excluding ortho intramolecular Hbond substituents is 2. The van der Waals surface area contributed by atoms with E-state index in [2.05, 4.69) is 15.6 Å². The summed E-state index contributed by atoms with van der Waals surface area (Å²) in [6.07, 6.45) is 2.92. The average Bonchev–Trinajstić information content (AvgIpc) is 3.23. The molecule has 3 rings (SSSR count). The van der Waals surface area contributed by atoms with Crippen LogP contribution in [-0.4, -0.2) is 27.3 Å². The van der Waals surface area contributed by atoms with Gasteiger partial charge in [0.1, 0.15) is 0 Å². The van der Waals surface area contributed by atoms with E-state index in [-0.39, 0.29) is 23.6 Å². The second kappa shape index (κ2) is 6.45. The number of aromatic hydroxyl groups is 2. The fourth-order valence-electron chi connectivity index (χ4n) is 2.37. The highest BCUT2D eigenvalue weighted by Crippen LogP contribution is 2.40. The summed E-state index contributed by atoms with van der Waals surface area (Å²) in [6.45, 7) is 1.88. The molecule has 1 atom stereocenters. The Morgan fingerprint density at radius 2 is 2.17 bits per heavy atom.